The second-order valence-electron chi connectivity index (χ2n) is 5.26. The molecule has 0 fully saturated rings. The lowest BCUT2D eigenvalue weighted by Gasteiger charge is -2.09. The van der Waals surface area contributed by atoms with E-state index in [2.05, 4.69) is 32.9 Å². The van der Waals surface area contributed by atoms with Crippen LogP contribution in [0.15, 0.2) is 40.8 Å². The van der Waals surface area contributed by atoms with Crippen LogP contribution in [0.25, 0.3) is 11.1 Å². The molecule has 3 rings (SSSR count). The van der Waals surface area contributed by atoms with E-state index in [0.717, 1.165) is 21.2 Å². The number of aromatic nitrogens is 1. The van der Waals surface area contributed by atoms with E-state index in [4.69, 9.17) is 4.42 Å². The number of benzene rings is 2. The molecule has 0 saturated carbocycles. The number of anilines is 2. The van der Waals surface area contributed by atoms with Crippen molar-refractivity contribution in [2.75, 3.05) is 5.32 Å². The molecular formula is C17H14FIN2O2. The van der Waals surface area contributed by atoms with Gasteiger partial charge in [-0.15, -0.1) is 0 Å². The number of hydrogen-bond donors (Lipinski definition) is 1. The molecule has 0 saturated heterocycles. The molecule has 1 aromatic heterocycles. The van der Waals surface area contributed by atoms with Crippen LogP contribution < -0.4 is 5.32 Å². The molecule has 2 aromatic carbocycles. The molecule has 3 aromatic rings. The van der Waals surface area contributed by atoms with Crippen LogP contribution in [0.4, 0.5) is 16.1 Å². The van der Waals surface area contributed by atoms with Crippen molar-refractivity contribution in [2.24, 2.45) is 0 Å². The van der Waals surface area contributed by atoms with Crippen molar-refractivity contribution in [2.45, 2.75) is 17.8 Å². The Morgan fingerprint density at radius 2 is 2.13 bits per heavy atom. The van der Waals surface area contributed by atoms with Gasteiger partial charge in [0.2, 0.25) is 0 Å². The number of carbonyl (C=O) groups is 1. The third-order valence-corrected chi connectivity index (χ3v) is 4.18. The summed E-state index contributed by atoms with van der Waals surface area (Å²) >= 11 is 2.27. The summed E-state index contributed by atoms with van der Waals surface area (Å²) in [5.41, 5.74) is 3.89. The van der Waals surface area contributed by atoms with Gasteiger partial charge in [0, 0.05) is 22.6 Å². The van der Waals surface area contributed by atoms with Gasteiger partial charge in [0.15, 0.2) is 5.58 Å². The number of halogens is 2. The van der Waals surface area contributed by atoms with Crippen LogP contribution in [0, 0.1) is 5.82 Å². The number of nitrogens with one attached hydrogen (secondary N) is 1. The number of oxazole rings is 1. The van der Waals surface area contributed by atoms with E-state index in [1.165, 1.54) is 12.1 Å². The molecular weight excluding hydrogens is 410 g/mol. The number of nitrogens with zero attached hydrogens (tertiary/aromatic N) is 1. The summed E-state index contributed by atoms with van der Waals surface area (Å²) in [6, 6.07) is 10.3. The quantitative estimate of drug-likeness (QED) is 0.474. The van der Waals surface area contributed by atoms with Crippen molar-refractivity contribution < 1.29 is 13.6 Å². The smallest absolute Gasteiger partial charge is 0.300 e. The lowest BCUT2D eigenvalue weighted by molar-refractivity contribution is -0.116. The van der Waals surface area contributed by atoms with Crippen LogP contribution >= 0.6 is 22.6 Å². The van der Waals surface area contributed by atoms with Crippen molar-refractivity contribution in [3.8, 4) is 0 Å². The summed E-state index contributed by atoms with van der Waals surface area (Å²) in [4.78, 5) is 15.5. The SMILES string of the molecule is CC(=O)Cc1ccc(Nc2nc3cc(F)ccc3o2)c(CI)c1. The van der Waals surface area contributed by atoms with Crippen LogP contribution in [0.5, 0.6) is 0 Å². The van der Waals surface area contributed by atoms with E-state index in [0.29, 0.717) is 23.5 Å². The highest BCUT2D eigenvalue weighted by molar-refractivity contribution is 14.1. The minimum Gasteiger partial charge on any atom is -0.423 e. The highest BCUT2D eigenvalue weighted by atomic mass is 127. The maximum absolute atomic E-state index is 13.2. The van der Waals surface area contributed by atoms with Crippen LogP contribution in [0.3, 0.4) is 0 Å². The monoisotopic (exact) mass is 424 g/mol. The number of alkyl halides is 1. The Kier molecular flexibility index (Phi) is 4.61. The molecule has 0 aliphatic heterocycles. The fraction of sp³-hybridized carbons (Fsp3) is 0.176. The van der Waals surface area contributed by atoms with Crippen molar-refractivity contribution >= 4 is 51.2 Å². The van der Waals surface area contributed by atoms with Crippen molar-refractivity contribution in [3.63, 3.8) is 0 Å². The Morgan fingerprint density at radius 1 is 1.30 bits per heavy atom. The van der Waals surface area contributed by atoms with Gasteiger partial charge in [-0.2, -0.15) is 4.98 Å². The van der Waals surface area contributed by atoms with E-state index in [1.54, 1.807) is 13.0 Å². The number of fused-ring (bicyclic) bond motifs is 1. The van der Waals surface area contributed by atoms with Gasteiger partial charge in [-0.25, -0.2) is 4.39 Å². The third kappa shape index (κ3) is 3.69. The number of rotatable bonds is 5. The maximum atomic E-state index is 13.2. The molecule has 4 nitrogen and oxygen atoms in total. The molecule has 118 valence electrons. The fourth-order valence-corrected chi connectivity index (χ4v) is 2.98. The lowest BCUT2D eigenvalue weighted by Crippen LogP contribution is -2.00. The van der Waals surface area contributed by atoms with Crippen molar-refractivity contribution in [3.05, 3.63) is 53.3 Å². The Bertz CT molecular complexity index is 876. The van der Waals surface area contributed by atoms with E-state index >= 15 is 0 Å². The Balaban J connectivity index is 1.89. The molecule has 0 atom stereocenters. The van der Waals surface area contributed by atoms with E-state index in [9.17, 15) is 9.18 Å². The number of Topliss-reactive ketones (excluding diaryl/α,β-unsaturated/α-hetero) is 1. The first-order chi connectivity index (χ1) is 11.0. The minimum absolute atomic E-state index is 0.131. The predicted octanol–water partition coefficient (Wildman–Crippen LogP) is 4.78. The van der Waals surface area contributed by atoms with Gasteiger partial charge < -0.3 is 9.73 Å². The molecule has 0 amide bonds. The van der Waals surface area contributed by atoms with Gasteiger partial charge in [0.1, 0.15) is 17.1 Å². The van der Waals surface area contributed by atoms with E-state index in [-0.39, 0.29) is 11.6 Å². The van der Waals surface area contributed by atoms with Gasteiger partial charge in [-0.05, 0) is 36.2 Å². The fourth-order valence-electron chi connectivity index (χ4n) is 2.35. The summed E-state index contributed by atoms with van der Waals surface area (Å²) in [5, 5.41) is 3.12. The highest BCUT2D eigenvalue weighted by Gasteiger charge is 2.10. The van der Waals surface area contributed by atoms with Crippen molar-refractivity contribution in [1.82, 2.24) is 4.98 Å². The summed E-state index contributed by atoms with van der Waals surface area (Å²) in [7, 11) is 0. The molecule has 0 aliphatic carbocycles. The van der Waals surface area contributed by atoms with Crippen molar-refractivity contribution in [1.29, 1.82) is 0 Å². The summed E-state index contributed by atoms with van der Waals surface area (Å²) in [6.45, 7) is 1.58. The highest BCUT2D eigenvalue weighted by Crippen LogP contribution is 2.27. The molecule has 23 heavy (non-hydrogen) atoms. The van der Waals surface area contributed by atoms with Gasteiger partial charge in [-0.3, -0.25) is 4.79 Å². The Hall–Kier alpha value is -1.96. The van der Waals surface area contributed by atoms with Gasteiger partial charge in [0.25, 0.3) is 6.01 Å². The first-order valence-corrected chi connectivity index (χ1v) is 8.58. The lowest BCUT2D eigenvalue weighted by atomic mass is 10.1. The van der Waals surface area contributed by atoms with Gasteiger partial charge >= 0.3 is 0 Å². The molecule has 1 N–H and O–H groups in total. The van der Waals surface area contributed by atoms with Crippen LogP contribution in [0.2, 0.25) is 0 Å². The zero-order chi connectivity index (χ0) is 16.4. The Labute approximate surface area is 146 Å². The molecule has 0 spiro atoms. The summed E-state index contributed by atoms with van der Waals surface area (Å²) < 4.78 is 19.6. The van der Waals surface area contributed by atoms with E-state index < -0.39 is 0 Å². The average Bonchev–Trinajstić information content (AvgIpc) is 2.89. The molecule has 0 unspecified atom stereocenters. The molecule has 1 heterocycles. The molecule has 0 bridgehead atoms. The van der Waals surface area contributed by atoms with Crippen LogP contribution in [-0.4, -0.2) is 10.8 Å². The zero-order valence-corrected chi connectivity index (χ0v) is 14.6. The molecule has 0 aliphatic rings. The van der Waals surface area contributed by atoms with Crippen LogP contribution in [-0.2, 0) is 15.6 Å². The summed E-state index contributed by atoms with van der Waals surface area (Å²) in [6.07, 6.45) is 0.423. The molecule has 0 radical (unpaired) electrons. The van der Waals surface area contributed by atoms with Gasteiger partial charge in [-0.1, -0.05) is 34.7 Å². The predicted molar refractivity (Wildman–Crippen MR) is 95.8 cm³/mol. The number of carbonyl (C=O) groups excluding carboxylic acids is 1. The standard InChI is InChI=1S/C17H14FIN2O2/c1-10(22)6-11-2-4-14(12(7-11)9-19)20-17-21-15-8-13(18)3-5-16(15)23-17/h2-5,7-8H,6,9H2,1H3,(H,20,21). The topological polar surface area (TPSA) is 55.1 Å². The first-order valence-electron chi connectivity index (χ1n) is 7.05. The number of hydrogen-bond acceptors (Lipinski definition) is 4. The second kappa shape index (κ2) is 6.66. The second-order valence-corrected chi connectivity index (χ2v) is 6.02. The van der Waals surface area contributed by atoms with Gasteiger partial charge in [0.05, 0.1) is 0 Å². The molecule has 6 heteroatoms. The third-order valence-electron chi connectivity index (χ3n) is 3.36. The largest absolute Gasteiger partial charge is 0.423 e. The zero-order valence-electron chi connectivity index (χ0n) is 12.4. The summed E-state index contributed by atoms with van der Waals surface area (Å²) in [5.74, 6) is -0.218. The van der Waals surface area contributed by atoms with Crippen LogP contribution in [0.1, 0.15) is 18.1 Å². The first kappa shape index (κ1) is 15.9. The average molecular weight is 424 g/mol. The van der Waals surface area contributed by atoms with E-state index in [1.807, 2.05) is 18.2 Å². The maximum Gasteiger partial charge on any atom is 0.300 e. The Morgan fingerprint density at radius 3 is 2.87 bits per heavy atom. The number of ketones is 1. The normalized spacial score (nSPS) is 10.9. The minimum atomic E-state index is -0.348.